The zero-order chi connectivity index (χ0) is 21.5. The summed E-state index contributed by atoms with van der Waals surface area (Å²) in [7, 11) is 0. The molecule has 1 aromatic carbocycles. The average molecular weight is 487 g/mol. The second kappa shape index (κ2) is 7.24. The summed E-state index contributed by atoms with van der Waals surface area (Å²) in [6.07, 6.45) is -5.53. The lowest BCUT2D eigenvalue weighted by Gasteiger charge is -2.39. The highest BCUT2D eigenvalue weighted by Crippen LogP contribution is 2.58. The Kier molecular flexibility index (Phi) is 6.36. The minimum atomic E-state index is -7.55. The van der Waals surface area contributed by atoms with Crippen molar-refractivity contribution in [3.05, 3.63) is 28.7 Å². The molecule has 156 valence electrons. The van der Waals surface area contributed by atoms with Crippen LogP contribution in [-0.4, -0.2) is 42.6 Å². The minimum absolute atomic E-state index is 0.368. The maximum atomic E-state index is 13.5. The third kappa shape index (κ3) is 3.94. The van der Waals surface area contributed by atoms with Crippen LogP contribution in [0.25, 0.3) is 0 Å². The van der Waals surface area contributed by atoms with E-state index in [0.29, 0.717) is 4.47 Å². The van der Waals surface area contributed by atoms with Crippen LogP contribution >= 0.6 is 15.9 Å². The van der Waals surface area contributed by atoms with E-state index in [0.717, 1.165) is 24.3 Å². The molecule has 0 radical (unpaired) electrons. The summed E-state index contributed by atoms with van der Waals surface area (Å²) >= 11 is 2.91. The van der Waals surface area contributed by atoms with E-state index in [1.807, 2.05) is 0 Å². The predicted octanol–water partition coefficient (Wildman–Crippen LogP) is 6.27. The van der Waals surface area contributed by atoms with Crippen molar-refractivity contribution in [2.45, 2.75) is 36.0 Å². The molecular weight excluding hydrogens is 480 g/mol. The SMILES string of the molecule is FC(F)C(F)(F)C(F)(F)C(F)(F)C(F)(F)C(F)(F)COc1ccc(Br)cc1. The van der Waals surface area contributed by atoms with Gasteiger partial charge < -0.3 is 4.74 Å². The second-order valence-electron chi connectivity index (χ2n) is 5.09. The fraction of sp³-hybridized carbons (Fsp3) is 0.538. The van der Waals surface area contributed by atoms with Crippen LogP contribution in [-0.2, 0) is 0 Å². The Morgan fingerprint density at radius 2 is 1.19 bits per heavy atom. The largest absolute Gasteiger partial charge is 0.487 e. The summed E-state index contributed by atoms with van der Waals surface area (Å²) in [4.78, 5) is 0. The Bertz CT molecular complexity index is 643. The molecule has 0 aliphatic carbocycles. The summed E-state index contributed by atoms with van der Waals surface area (Å²) in [6, 6.07) is 4.10. The van der Waals surface area contributed by atoms with Crippen molar-refractivity contribution in [2.24, 2.45) is 0 Å². The lowest BCUT2D eigenvalue weighted by molar-refractivity contribution is -0.414. The van der Waals surface area contributed by atoms with Crippen LogP contribution in [0.4, 0.5) is 52.7 Å². The van der Waals surface area contributed by atoms with Gasteiger partial charge in [0.05, 0.1) is 0 Å². The van der Waals surface area contributed by atoms with Gasteiger partial charge in [0.1, 0.15) is 5.75 Å². The first-order valence-corrected chi connectivity index (χ1v) is 7.26. The number of rotatable bonds is 8. The number of hydrogen-bond acceptors (Lipinski definition) is 1. The second-order valence-corrected chi connectivity index (χ2v) is 6.01. The van der Waals surface area contributed by atoms with E-state index in [1.165, 1.54) is 0 Å². The lowest BCUT2D eigenvalue weighted by Crippen LogP contribution is -2.69. The number of ether oxygens (including phenoxy) is 1. The highest BCUT2D eigenvalue weighted by molar-refractivity contribution is 9.10. The zero-order valence-electron chi connectivity index (χ0n) is 12.4. The normalized spacial score (nSPS) is 14.6. The van der Waals surface area contributed by atoms with Gasteiger partial charge in [-0.05, 0) is 24.3 Å². The van der Waals surface area contributed by atoms with E-state index in [9.17, 15) is 52.7 Å². The van der Waals surface area contributed by atoms with Crippen LogP contribution in [0.1, 0.15) is 0 Å². The molecule has 0 aromatic heterocycles. The zero-order valence-corrected chi connectivity index (χ0v) is 14.0. The van der Waals surface area contributed by atoms with E-state index in [2.05, 4.69) is 20.7 Å². The molecule has 0 saturated carbocycles. The van der Waals surface area contributed by atoms with E-state index in [-0.39, 0.29) is 0 Å². The van der Waals surface area contributed by atoms with Crippen molar-refractivity contribution < 1.29 is 57.4 Å². The molecule has 0 amide bonds. The van der Waals surface area contributed by atoms with Crippen LogP contribution < -0.4 is 4.74 Å². The summed E-state index contributed by atoms with van der Waals surface area (Å²) in [5.41, 5.74) is 0. The molecular formula is C13H7BrF12O. The van der Waals surface area contributed by atoms with Gasteiger partial charge in [-0.3, -0.25) is 0 Å². The number of alkyl halides is 12. The molecule has 0 saturated heterocycles. The van der Waals surface area contributed by atoms with Gasteiger partial charge in [-0.2, -0.15) is 43.9 Å². The van der Waals surface area contributed by atoms with Gasteiger partial charge in [-0.15, -0.1) is 0 Å². The summed E-state index contributed by atoms with van der Waals surface area (Å²) in [6.45, 7) is -2.63. The maximum absolute atomic E-state index is 13.5. The highest BCUT2D eigenvalue weighted by Gasteiger charge is 2.87. The molecule has 1 aromatic rings. The van der Waals surface area contributed by atoms with E-state index in [4.69, 9.17) is 0 Å². The molecule has 27 heavy (non-hydrogen) atoms. The first kappa shape index (κ1) is 23.7. The smallest absolute Gasteiger partial charge is 0.384 e. The highest BCUT2D eigenvalue weighted by atomic mass is 79.9. The van der Waals surface area contributed by atoms with E-state index < -0.39 is 48.4 Å². The monoisotopic (exact) mass is 486 g/mol. The van der Waals surface area contributed by atoms with Crippen LogP contribution in [0.15, 0.2) is 28.7 Å². The van der Waals surface area contributed by atoms with Crippen molar-refractivity contribution in [3.63, 3.8) is 0 Å². The van der Waals surface area contributed by atoms with Gasteiger partial charge in [0.25, 0.3) is 0 Å². The van der Waals surface area contributed by atoms with E-state index in [1.54, 1.807) is 0 Å². The van der Waals surface area contributed by atoms with Gasteiger partial charge in [0.15, 0.2) is 6.61 Å². The minimum Gasteiger partial charge on any atom is -0.487 e. The first-order valence-electron chi connectivity index (χ1n) is 6.47. The summed E-state index contributed by atoms with van der Waals surface area (Å²) in [5, 5.41) is 0. The maximum Gasteiger partial charge on any atom is 0.384 e. The van der Waals surface area contributed by atoms with Crippen molar-refractivity contribution in [2.75, 3.05) is 6.61 Å². The Morgan fingerprint density at radius 3 is 1.59 bits per heavy atom. The lowest BCUT2D eigenvalue weighted by atomic mass is 9.94. The molecule has 0 bridgehead atoms. The van der Waals surface area contributed by atoms with E-state index >= 15 is 0 Å². The molecule has 0 atom stereocenters. The first-order chi connectivity index (χ1) is 11.9. The van der Waals surface area contributed by atoms with Crippen molar-refractivity contribution in [1.29, 1.82) is 0 Å². The van der Waals surface area contributed by atoms with Crippen LogP contribution in [0, 0.1) is 0 Å². The van der Waals surface area contributed by atoms with Crippen LogP contribution in [0.2, 0.25) is 0 Å². The third-order valence-electron chi connectivity index (χ3n) is 3.17. The molecule has 0 N–H and O–H groups in total. The van der Waals surface area contributed by atoms with Crippen molar-refractivity contribution >= 4 is 15.9 Å². The number of hydrogen-bond donors (Lipinski definition) is 0. The van der Waals surface area contributed by atoms with Gasteiger partial charge >= 0.3 is 36.0 Å². The summed E-state index contributed by atoms with van der Waals surface area (Å²) in [5.74, 6) is -35.9. The Balaban J connectivity index is 3.17. The molecule has 0 heterocycles. The number of benzene rings is 1. The standard InChI is InChI=1S/C13H7BrF12O/c14-6-1-3-7(4-2-6)27-5-9(17,18)11(21,22)13(25,26)12(23,24)10(19,20)8(15)16/h1-4,8H,5H2. The quantitative estimate of drug-likeness (QED) is 0.393. The fourth-order valence-electron chi connectivity index (χ4n) is 1.57. The molecule has 0 aliphatic heterocycles. The number of halogens is 13. The van der Waals surface area contributed by atoms with Crippen LogP contribution in [0.3, 0.4) is 0 Å². The van der Waals surface area contributed by atoms with Gasteiger partial charge in [-0.25, -0.2) is 8.78 Å². The molecule has 0 spiro atoms. The molecule has 0 aliphatic rings. The average Bonchev–Trinajstić information content (AvgIpc) is 2.53. The predicted molar refractivity (Wildman–Crippen MR) is 70.4 cm³/mol. The molecule has 1 rings (SSSR count). The van der Waals surface area contributed by atoms with Gasteiger partial charge in [0.2, 0.25) is 0 Å². The van der Waals surface area contributed by atoms with Crippen LogP contribution in [0.5, 0.6) is 5.75 Å². The molecule has 14 heteroatoms. The Labute approximate surface area is 151 Å². The van der Waals surface area contributed by atoms with Crippen molar-refractivity contribution in [1.82, 2.24) is 0 Å². The Hall–Kier alpha value is -1.34. The molecule has 1 nitrogen and oxygen atoms in total. The molecule has 0 unspecified atom stereocenters. The van der Waals surface area contributed by atoms with Gasteiger partial charge in [-0.1, -0.05) is 15.9 Å². The fourth-order valence-corrected chi connectivity index (χ4v) is 1.83. The topological polar surface area (TPSA) is 9.23 Å². The third-order valence-corrected chi connectivity index (χ3v) is 3.70. The van der Waals surface area contributed by atoms with Gasteiger partial charge in [0, 0.05) is 4.47 Å². The van der Waals surface area contributed by atoms with Crippen molar-refractivity contribution in [3.8, 4) is 5.75 Å². The Morgan fingerprint density at radius 1 is 0.741 bits per heavy atom. The molecule has 0 fully saturated rings. The summed E-state index contributed by atoms with van der Waals surface area (Å²) < 4.78 is 160.